The van der Waals surface area contributed by atoms with Gasteiger partial charge in [0.25, 0.3) is 5.56 Å². The summed E-state index contributed by atoms with van der Waals surface area (Å²) in [5.74, 6) is -0.525. The van der Waals surface area contributed by atoms with Gasteiger partial charge in [-0.05, 0) is 88.0 Å². The van der Waals surface area contributed by atoms with Gasteiger partial charge in [-0.3, -0.25) is 9.36 Å². The van der Waals surface area contributed by atoms with E-state index in [9.17, 15) is 36.0 Å². The fourth-order valence-electron chi connectivity index (χ4n) is 5.59. The summed E-state index contributed by atoms with van der Waals surface area (Å²) in [7, 11) is -2.37. The molecule has 1 unspecified atom stereocenters. The van der Waals surface area contributed by atoms with Gasteiger partial charge in [0, 0.05) is 18.1 Å². The third-order valence-corrected chi connectivity index (χ3v) is 10.4. The molecule has 0 radical (unpaired) electrons. The lowest BCUT2D eigenvalue weighted by molar-refractivity contribution is -0.138. The van der Waals surface area contributed by atoms with E-state index in [2.05, 4.69) is 10.3 Å². The number of amides is 1. The first-order valence-electron chi connectivity index (χ1n) is 14.5. The molecule has 252 valence electrons. The Hall–Kier alpha value is -3.07. The number of sulfone groups is 1. The van der Waals surface area contributed by atoms with Crippen LogP contribution in [0.5, 0.6) is 0 Å². The van der Waals surface area contributed by atoms with Crippen molar-refractivity contribution in [1.82, 2.24) is 19.8 Å². The van der Waals surface area contributed by atoms with E-state index < -0.39 is 73.1 Å². The molecule has 1 fully saturated rings. The van der Waals surface area contributed by atoms with E-state index in [0.29, 0.717) is 30.1 Å². The molecule has 4 rings (SSSR count). The summed E-state index contributed by atoms with van der Waals surface area (Å²) in [6.07, 6.45) is -5.47. The van der Waals surface area contributed by atoms with Crippen LogP contribution in [0.2, 0.25) is 10.0 Å². The number of nitrogens with zero attached hydrogens (tertiary/aromatic N) is 2. The van der Waals surface area contributed by atoms with Crippen LogP contribution in [0.3, 0.4) is 0 Å². The van der Waals surface area contributed by atoms with Gasteiger partial charge in [0.1, 0.15) is 5.60 Å². The molecule has 46 heavy (non-hydrogen) atoms. The molecule has 1 amide bonds. The Labute approximate surface area is 273 Å². The molecule has 0 saturated carbocycles. The molecule has 3 aromatic rings. The average molecular weight is 708 g/mol. The maximum atomic E-state index is 14.7. The van der Waals surface area contributed by atoms with Gasteiger partial charge in [-0.1, -0.05) is 30.1 Å². The first-order chi connectivity index (χ1) is 21.2. The number of carbonyl (C=O) groups excluding carboxylic acids is 1. The number of H-pyrrole nitrogens is 1. The zero-order valence-corrected chi connectivity index (χ0v) is 28.2. The molecule has 2 atom stereocenters. The minimum absolute atomic E-state index is 0.0123. The number of rotatable bonds is 8. The van der Waals surface area contributed by atoms with Crippen LogP contribution >= 0.6 is 23.2 Å². The highest BCUT2D eigenvalue weighted by Gasteiger charge is 2.40. The summed E-state index contributed by atoms with van der Waals surface area (Å²) in [6, 6.07) is 3.70. The zero-order valence-electron chi connectivity index (χ0n) is 25.8. The van der Waals surface area contributed by atoms with Gasteiger partial charge in [0.15, 0.2) is 9.84 Å². The van der Waals surface area contributed by atoms with Crippen molar-refractivity contribution in [3.8, 4) is 0 Å². The molecule has 2 aromatic carbocycles. The number of aromatic nitrogens is 2. The molecule has 16 heteroatoms. The van der Waals surface area contributed by atoms with Crippen molar-refractivity contribution >= 4 is 50.0 Å². The number of aromatic amines is 1. The third kappa shape index (κ3) is 7.56. The van der Waals surface area contributed by atoms with Crippen molar-refractivity contribution in [2.75, 3.05) is 25.9 Å². The lowest BCUT2D eigenvalue weighted by Gasteiger charge is -2.35. The van der Waals surface area contributed by atoms with Crippen molar-refractivity contribution in [3.63, 3.8) is 0 Å². The van der Waals surface area contributed by atoms with Gasteiger partial charge in [0.05, 0.1) is 38.7 Å². The van der Waals surface area contributed by atoms with Crippen LogP contribution in [0, 0.1) is 5.92 Å². The molecular weight excluding hydrogens is 672 g/mol. The number of alkyl halides is 3. The number of likely N-dealkylation sites (N-methyl/N-ethyl adjacent to an activating group) is 1. The maximum absolute atomic E-state index is 14.7. The van der Waals surface area contributed by atoms with Gasteiger partial charge in [-0.25, -0.2) is 18.0 Å². The van der Waals surface area contributed by atoms with E-state index >= 15 is 0 Å². The van der Waals surface area contributed by atoms with Crippen molar-refractivity contribution in [2.24, 2.45) is 5.92 Å². The molecule has 1 aliphatic rings. The van der Waals surface area contributed by atoms with Crippen molar-refractivity contribution in [3.05, 3.63) is 71.8 Å². The molecule has 2 N–H and O–H groups in total. The molecule has 1 aromatic heterocycles. The van der Waals surface area contributed by atoms with Crippen LogP contribution in [0.15, 0.2) is 38.8 Å². The van der Waals surface area contributed by atoms with Gasteiger partial charge in [-0.15, -0.1) is 0 Å². The van der Waals surface area contributed by atoms with Gasteiger partial charge >= 0.3 is 18.0 Å². The first kappa shape index (κ1) is 35.8. The molecule has 0 spiro atoms. The molecule has 0 aliphatic carbocycles. The first-order valence-corrected chi connectivity index (χ1v) is 16.9. The smallest absolute Gasteiger partial charge is 0.416 e. The standard InChI is InChI=1S/C30H35Cl2F3N4O6S/c1-6-46(43,44)23-8-7-18(31)11-17(23)15-39-26(40)20-12-21(30(33,34)35)19(24(32)25(20)37-27(39)41)13-22(16-9-10-36-14-16)38(5)28(42)45-29(2,3)4/h7-8,11-12,16,22,36H,6,9-10,13-15H2,1-5H3,(H,37,41)/t16?,22-/m1/s1. The van der Waals surface area contributed by atoms with Crippen LogP contribution in [0.1, 0.15) is 50.8 Å². The van der Waals surface area contributed by atoms with Gasteiger partial charge < -0.3 is 19.9 Å². The van der Waals surface area contributed by atoms with Gasteiger partial charge in [-0.2, -0.15) is 13.2 Å². The van der Waals surface area contributed by atoms with E-state index in [0.717, 1.165) is 0 Å². The second kappa shape index (κ2) is 13.2. The number of ether oxygens (including phenoxy) is 1. The Kier molecular flexibility index (Phi) is 10.3. The predicted molar refractivity (Wildman–Crippen MR) is 170 cm³/mol. The SMILES string of the molecule is CCS(=O)(=O)c1ccc(Cl)cc1Cn1c(=O)[nH]c2c(Cl)c(C[C@H](C3CCNC3)N(C)C(=O)OC(C)(C)C)c(C(F)(F)F)cc2c1=O. The van der Waals surface area contributed by atoms with E-state index in [1.165, 1.54) is 37.1 Å². The average Bonchev–Trinajstić information content (AvgIpc) is 3.48. The van der Waals surface area contributed by atoms with E-state index in [4.69, 9.17) is 27.9 Å². The molecule has 1 saturated heterocycles. The Morgan fingerprint density at radius 2 is 1.85 bits per heavy atom. The number of fused-ring (bicyclic) bond motifs is 1. The number of hydrogen-bond donors (Lipinski definition) is 2. The minimum atomic E-state index is -4.97. The summed E-state index contributed by atoms with van der Waals surface area (Å²) in [5, 5.41) is 2.28. The fourth-order valence-corrected chi connectivity index (χ4v) is 7.23. The second-order valence-electron chi connectivity index (χ2n) is 12.2. The predicted octanol–water partition coefficient (Wildman–Crippen LogP) is 5.24. The minimum Gasteiger partial charge on any atom is -0.444 e. The van der Waals surface area contributed by atoms with E-state index in [1.54, 1.807) is 20.8 Å². The van der Waals surface area contributed by atoms with E-state index in [-0.39, 0.29) is 39.1 Å². The molecule has 0 bridgehead atoms. The Morgan fingerprint density at radius 1 is 1.17 bits per heavy atom. The summed E-state index contributed by atoms with van der Waals surface area (Å²) < 4.78 is 75.4. The van der Waals surface area contributed by atoms with Crippen molar-refractivity contribution < 1.29 is 31.1 Å². The summed E-state index contributed by atoms with van der Waals surface area (Å²) in [5.41, 5.74) is -4.88. The van der Waals surface area contributed by atoms with Crippen LogP contribution in [0.25, 0.3) is 10.9 Å². The molecule has 10 nitrogen and oxygen atoms in total. The maximum Gasteiger partial charge on any atom is 0.416 e. The van der Waals surface area contributed by atoms with Crippen LogP contribution in [0.4, 0.5) is 18.0 Å². The van der Waals surface area contributed by atoms with Crippen molar-refractivity contribution in [1.29, 1.82) is 0 Å². The monoisotopic (exact) mass is 706 g/mol. The molecular formula is C30H35Cl2F3N4O6S. The molecule has 2 heterocycles. The van der Waals surface area contributed by atoms with Crippen LogP contribution < -0.4 is 16.6 Å². The van der Waals surface area contributed by atoms with Crippen LogP contribution in [-0.4, -0.2) is 66.5 Å². The molecule has 1 aliphatic heterocycles. The second-order valence-corrected chi connectivity index (χ2v) is 15.3. The number of benzene rings is 2. The topological polar surface area (TPSA) is 131 Å². The third-order valence-electron chi connectivity index (χ3n) is 7.93. The number of hydrogen-bond acceptors (Lipinski definition) is 7. The normalized spacial score (nSPS) is 16.5. The Balaban J connectivity index is 1.89. The number of halogens is 5. The highest BCUT2D eigenvalue weighted by Crippen LogP contribution is 2.40. The Morgan fingerprint density at radius 3 is 2.41 bits per heavy atom. The lowest BCUT2D eigenvalue weighted by atomic mass is 9.89. The number of carbonyl (C=O) groups is 1. The van der Waals surface area contributed by atoms with E-state index in [1.807, 2.05) is 0 Å². The summed E-state index contributed by atoms with van der Waals surface area (Å²) >= 11 is 12.7. The quantitative estimate of drug-likeness (QED) is 0.328. The van der Waals surface area contributed by atoms with Crippen molar-refractivity contribution in [2.45, 2.75) is 69.8 Å². The van der Waals surface area contributed by atoms with Gasteiger partial charge in [0.2, 0.25) is 0 Å². The zero-order chi connectivity index (χ0) is 34.4. The van der Waals surface area contributed by atoms with Crippen LogP contribution in [-0.2, 0) is 33.7 Å². The lowest BCUT2D eigenvalue weighted by Crippen LogP contribution is -2.46. The largest absolute Gasteiger partial charge is 0.444 e. The summed E-state index contributed by atoms with van der Waals surface area (Å²) in [6.45, 7) is 6.88. The fraction of sp³-hybridized carbons (Fsp3) is 0.500. The Bertz CT molecular complexity index is 1880. The summed E-state index contributed by atoms with van der Waals surface area (Å²) in [4.78, 5) is 43.4. The number of nitrogens with one attached hydrogen (secondary N) is 2. The highest BCUT2D eigenvalue weighted by molar-refractivity contribution is 7.91. The highest BCUT2D eigenvalue weighted by atomic mass is 35.5.